The van der Waals surface area contributed by atoms with Crippen molar-refractivity contribution in [2.75, 3.05) is 0 Å². The molecular weight excluding hydrogens is 290 g/mol. The predicted octanol–water partition coefficient (Wildman–Crippen LogP) is -4.12. The Morgan fingerprint density at radius 2 is 1.19 bits per heavy atom. The summed E-state index contributed by atoms with van der Waals surface area (Å²) >= 11 is 1.04. The molecule has 0 spiro atoms. The average Bonchev–Trinajstić information content (AvgIpc) is 1.76. The monoisotopic (exact) mass is 298 g/mol. The van der Waals surface area contributed by atoms with Crippen LogP contribution >= 0.6 is 27.7 Å². The van der Waals surface area contributed by atoms with Crippen molar-refractivity contribution in [2.45, 2.75) is 19.1 Å². The molecule has 0 unspecified atom stereocenters. The molecule has 0 amide bonds. The van der Waals surface area contributed by atoms with Crippen molar-refractivity contribution < 1.29 is 48.1 Å². The first-order valence-corrected chi connectivity index (χ1v) is 6.93. The van der Waals surface area contributed by atoms with Crippen molar-refractivity contribution in [2.24, 2.45) is 0 Å². The summed E-state index contributed by atoms with van der Waals surface area (Å²) in [5.41, 5.74) is 0. The van der Waals surface area contributed by atoms with Crippen LogP contribution in [0.5, 0.6) is 0 Å². The standard InChI is InChI=1S/C3H8O2S.2H3O4P/c1-3(2)6-5-4;2*1-5(2,3)4/h3-4H,1-2H3;2*(H3,1,2,3,4)/p-6. The molecule has 0 aliphatic heterocycles. The SMILES string of the molecule is CC(C)SOO.O=P([O-])([O-])[O-].O=P([O-])([O-])[O-]. The van der Waals surface area contributed by atoms with Crippen molar-refractivity contribution in [1.29, 1.82) is 0 Å². The molecule has 10 nitrogen and oxygen atoms in total. The Hall–Kier alpha value is 0.490. The molecule has 0 bridgehead atoms. The molecule has 1 N–H and O–H groups in total. The smallest absolute Gasteiger partial charge is 0.0340 e. The van der Waals surface area contributed by atoms with E-state index in [4.69, 9.17) is 43.7 Å². The van der Waals surface area contributed by atoms with Gasteiger partial charge in [-0.1, -0.05) is 13.8 Å². The summed E-state index contributed by atoms with van der Waals surface area (Å²) < 4.78 is 20.8. The third-order valence-corrected chi connectivity index (χ3v) is 0.706. The molecule has 0 aromatic heterocycles. The van der Waals surface area contributed by atoms with E-state index < -0.39 is 15.6 Å². The van der Waals surface area contributed by atoms with Crippen LogP contribution in [0.15, 0.2) is 0 Å². The second-order valence-corrected chi connectivity index (χ2v) is 5.19. The van der Waals surface area contributed by atoms with Crippen LogP contribution < -0.4 is 29.4 Å². The van der Waals surface area contributed by atoms with Crippen LogP contribution in [0.4, 0.5) is 0 Å². The van der Waals surface area contributed by atoms with E-state index in [2.05, 4.69) is 4.33 Å². The zero-order valence-electron chi connectivity index (χ0n) is 8.00. The molecule has 0 rings (SSSR count). The van der Waals surface area contributed by atoms with Gasteiger partial charge in [-0.3, -0.25) is 0 Å². The molecule has 0 radical (unpaired) electrons. The van der Waals surface area contributed by atoms with E-state index in [-0.39, 0.29) is 0 Å². The summed E-state index contributed by atoms with van der Waals surface area (Å²) in [5, 5.41) is 8.04. The fraction of sp³-hybridized carbons (Fsp3) is 1.00. The third kappa shape index (κ3) is 216. The Morgan fingerprint density at radius 1 is 1.00 bits per heavy atom. The number of rotatable bonds is 2. The van der Waals surface area contributed by atoms with E-state index in [0.29, 0.717) is 5.25 Å². The Bertz CT molecular complexity index is 194. The maximum Gasteiger partial charge on any atom is 0.0340 e. The Kier molecular flexibility index (Phi) is 14.4. The lowest BCUT2D eigenvalue weighted by Gasteiger charge is -2.36. The first kappa shape index (κ1) is 21.7. The second-order valence-electron chi connectivity index (χ2n) is 2.11. The fourth-order valence-electron chi connectivity index (χ4n) is 0.0861. The van der Waals surface area contributed by atoms with Crippen molar-refractivity contribution in [3.8, 4) is 0 Å². The van der Waals surface area contributed by atoms with Crippen molar-refractivity contribution in [3.05, 3.63) is 0 Å². The van der Waals surface area contributed by atoms with Crippen LogP contribution in [0.3, 0.4) is 0 Å². The second kappa shape index (κ2) is 10.6. The van der Waals surface area contributed by atoms with Gasteiger partial charge in [0.25, 0.3) is 0 Å². The van der Waals surface area contributed by atoms with Crippen LogP contribution in [0.2, 0.25) is 0 Å². The van der Waals surface area contributed by atoms with E-state index in [1.807, 2.05) is 13.8 Å². The van der Waals surface area contributed by atoms with E-state index >= 15 is 0 Å². The van der Waals surface area contributed by atoms with Gasteiger partial charge in [0, 0.05) is 17.3 Å². The first-order chi connectivity index (χ1) is 6.77. The summed E-state index contributed by atoms with van der Waals surface area (Å²) in [6, 6.07) is 0. The molecular formula is C3H8O10P2S-6. The predicted molar refractivity (Wildman–Crippen MR) is 41.7 cm³/mol. The van der Waals surface area contributed by atoms with Crippen LogP contribution in [-0.2, 0) is 13.5 Å². The molecule has 0 aromatic rings. The summed E-state index contributed by atoms with van der Waals surface area (Å²) in [7, 11) is -10.8. The van der Waals surface area contributed by atoms with Crippen LogP contribution in [0.1, 0.15) is 13.8 Å². The zero-order valence-corrected chi connectivity index (χ0v) is 10.6. The fourth-order valence-corrected chi connectivity index (χ4v) is 0.258. The highest BCUT2D eigenvalue weighted by Crippen LogP contribution is 2.06. The van der Waals surface area contributed by atoms with Crippen molar-refractivity contribution in [1.82, 2.24) is 0 Å². The van der Waals surface area contributed by atoms with E-state index in [9.17, 15) is 0 Å². The molecule has 102 valence electrons. The van der Waals surface area contributed by atoms with Gasteiger partial charge in [0.05, 0.1) is 0 Å². The van der Waals surface area contributed by atoms with Crippen LogP contribution in [-0.4, -0.2) is 10.5 Å². The molecule has 0 aromatic carbocycles. The van der Waals surface area contributed by atoms with Crippen molar-refractivity contribution in [3.63, 3.8) is 0 Å². The summed E-state index contributed by atoms with van der Waals surface area (Å²) in [4.78, 5) is 51.3. The van der Waals surface area contributed by atoms with E-state index in [1.54, 1.807) is 0 Å². The summed E-state index contributed by atoms with van der Waals surface area (Å²) in [6.45, 7) is 3.86. The normalized spacial score (nSPS) is 11.1. The first-order valence-electron chi connectivity index (χ1n) is 3.20. The molecule has 0 saturated carbocycles. The largest absolute Gasteiger partial charge is 0.822 e. The lowest BCUT2D eigenvalue weighted by molar-refractivity contribution is -0.434. The highest BCUT2D eigenvalue weighted by molar-refractivity contribution is 7.95. The van der Waals surface area contributed by atoms with Gasteiger partial charge < -0.3 is 38.5 Å². The topological polar surface area (TPSA) is 202 Å². The minimum Gasteiger partial charge on any atom is -0.822 e. The van der Waals surface area contributed by atoms with Gasteiger partial charge in [-0.25, -0.2) is 5.26 Å². The summed E-state index contributed by atoms with van der Waals surface area (Å²) in [5.74, 6) is 0. The molecule has 0 aliphatic carbocycles. The molecule has 0 heterocycles. The van der Waals surface area contributed by atoms with Crippen LogP contribution in [0.25, 0.3) is 0 Å². The number of hydrogen-bond acceptors (Lipinski definition) is 11. The Morgan fingerprint density at radius 3 is 1.19 bits per heavy atom. The quantitative estimate of drug-likeness (QED) is 0.224. The highest BCUT2D eigenvalue weighted by Gasteiger charge is 1.89. The van der Waals surface area contributed by atoms with Gasteiger partial charge in [-0.05, 0) is 0 Å². The Balaban J connectivity index is -0.000000160. The van der Waals surface area contributed by atoms with Gasteiger partial charge in [0.15, 0.2) is 0 Å². The number of hydrogen-bond donors (Lipinski definition) is 1. The molecule has 16 heavy (non-hydrogen) atoms. The van der Waals surface area contributed by atoms with Gasteiger partial charge in [0.1, 0.15) is 0 Å². The van der Waals surface area contributed by atoms with Gasteiger partial charge in [-0.15, -0.1) is 0 Å². The molecule has 13 heteroatoms. The van der Waals surface area contributed by atoms with Gasteiger partial charge in [-0.2, -0.15) is 20.0 Å². The minimum absolute atomic E-state index is 0.343. The Labute approximate surface area is 95.5 Å². The van der Waals surface area contributed by atoms with Gasteiger partial charge in [0.2, 0.25) is 0 Å². The minimum atomic E-state index is -5.39. The maximum atomic E-state index is 8.55. The molecule has 0 fully saturated rings. The van der Waals surface area contributed by atoms with Crippen molar-refractivity contribution >= 4 is 27.7 Å². The van der Waals surface area contributed by atoms with E-state index in [1.165, 1.54) is 0 Å². The molecule has 0 atom stereocenters. The van der Waals surface area contributed by atoms with Gasteiger partial charge >= 0.3 is 0 Å². The molecule has 0 saturated heterocycles. The van der Waals surface area contributed by atoms with Crippen LogP contribution in [0, 0.1) is 0 Å². The zero-order chi connectivity index (χ0) is 14.0. The lowest BCUT2D eigenvalue weighted by Crippen LogP contribution is -2.24. The van der Waals surface area contributed by atoms with E-state index in [0.717, 1.165) is 12.0 Å². The average molecular weight is 298 g/mol. The lowest BCUT2D eigenvalue weighted by atomic mass is 10.6. The third-order valence-electron chi connectivity index (χ3n) is 0.235. The number of phosphoric acid groups is 2. The summed E-state index contributed by atoms with van der Waals surface area (Å²) in [6.07, 6.45) is 0. The molecule has 0 aliphatic rings. The maximum absolute atomic E-state index is 8.55. The highest BCUT2D eigenvalue weighted by atomic mass is 32.2.